The van der Waals surface area contributed by atoms with Gasteiger partial charge < -0.3 is 14.8 Å². The molecule has 3 nitrogen and oxygen atoms in total. The number of nitrogens with one attached hydrogen (secondary N) is 1. The number of benzene rings is 3. The minimum absolute atomic E-state index is 0. The van der Waals surface area contributed by atoms with Gasteiger partial charge in [-0.2, -0.15) is 0 Å². The van der Waals surface area contributed by atoms with E-state index < -0.39 is 0 Å². The highest BCUT2D eigenvalue weighted by Crippen LogP contribution is 2.20. The van der Waals surface area contributed by atoms with Crippen LogP contribution in [0.1, 0.15) is 16.7 Å². The van der Waals surface area contributed by atoms with Crippen molar-refractivity contribution in [1.82, 2.24) is 5.32 Å². The molecule has 1 N–H and O–H groups in total. The second-order valence-electron chi connectivity index (χ2n) is 5.80. The Morgan fingerprint density at radius 2 is 1.23 bits per heavy atom. The smallest absolute Gasteiger partial charge is 0.124 e. The van der Waals surface area contributed by atoms with E-state index in [2.05, 4.69) is 29.6 Å². The van der Waals surface area contributed by atoms with Crippen molar-refractivity contribution in [2.45, 2.75) is 19.7 Å². The van der Waals surface area contributed by atoms with Crippen molar-refractivity contribution in [1.29, 1.82) is 0 Å². The Labute approximate surface area is 161 Å². The van der Waals surface area contributed by atoms with Crippen LogP contribution in [-0.4, -0.2) is 7.11 Å². The van der Waals surface area contributed by atoms with Gasteiger partial charge in [-0.15, -0.1) is 12.4 Å². The van der Waals surface area contributed by atoms with E-state index in [0.717, 1.165) is 35.7 Å². The molecule has 0 atom stereocenters. The monoisotopic (exact) mass is 369 g/mol. The summed E-state index contributed by atoms with van der Waals surface area (Å²) in [6.07, 6.45) is 0. The molecule has 0 saturated heterocycles. The fourth-order valence-corrected chi connectivity index (χ4v) is 2.71. The van der Waals surface area contributed by atoms with Gasteiger partial charge in [0.2, 0.25) is 0 Å². The average molecular weight is 370 g/mol. The molecule has 0 aliphatic rings. The summed E-state index contributed by atoms with van der Waals surface area (Å²) >= 11 is 0. The van der Waals surface area contributed by atoms with Crippen molar-refractivity contribution in [3.05, 3.63) is 95.6 Å². The summed E-state index contributed by atoms with van der Waals surface area (Å²) in [6, 6.07) is 26.4. The molecule has 0 amide bonds. The lowest BCUT2D eigenvalue weighted by molar-refractivity contribution is 0.302. The second kappa shape index (κ2) is 10.5. The average Bonchev–Trinajstić information content (AvgIpc) is 2.68. The zero-order valence-corrected chi connectivity index (χ0v) is 15.7. The Kier molecular flexibility index (Phi) is 8.00. The third-order valence-corrected chi connectivity index (χ3v) is 4.03. The molecule has 3 aromatic rings. The zero-order valence-electron chi connectivity index (χ0n) is 14.9. The number of methoxy groups -OCH3 is 1. The van der Waals surface area contributed by atoms with Gasteiger partial charge in [-0.25, -0.2) is 0 Å². The lowest BCUT2D eigenvalue weighted by Gasteiger charge is -2.13. The number of rotatable bonds is 8. The maximum Gasteiger partial charge on any atom is 0.124 e. The largest absolute Gasteiger partial charge is 0.496 e. The van der Waals surface area contributed by atoms with Gasteiger partial charge in [-0.3, -0.25) is 0 Å². The van der Waals surface area contributed by atoms with Crippen LogP contribution in [0.15, 0.2) is 78.9 Å². The Bertz CT molecular complexity index is 793. The van der Waals surface area contributed by atoms with E-state index >= 15 is 0 Å². The lowest BCUT2D eigenvalue weighted by Crippen LogP contribution is -2.14. The molecule has 0 fully saturated rings. The maximum absolute atomic E-state index is 6.01. The molecule has 3 rings (SSSR count). The maximum atomic E-state index is 6.01. The standard InChI is InChI=1S/C22H23NO2.ClH/c1-24-21-13-7-5-11-19(21)15-23-16-20-12-6-8-14-22(20)25-17-18-9-3-2-4-10-18;/h2-14,23H,15-17H2,1H3;1H. The van der Waals surface area contributed by atoms with Gasteiger partial charge in [0.15, 0.2) is 0 Å². The molecule has 26 heavy (non-hydrogen) atoms. The Hall–Kier alpha value is -2.49. The highest BCUT2D eigenvalue weighted by atomic mass is 35.5. The minimum atomic E-state index is 0. The quantitative estimate of drug-likeness (QED) is 0.607. The van der Waals surface area contributed by atoms with Crippen LogP contribution in [0.2, 0.25) is 0 Å². The number of halogens is 1. The molecule has 0 aliphatic carbocycles. The molecule has 0 heterocycles. The molecule has 0 aromatic heterocycles. The van der Waals surface area contributed by atoms with Gasteiger partial charge in [-0.1, -0.05) is 66.7 Å². The van der Waals surface area contributed by atoms with Gasteiger partial charge in [0, 0.05) is 24.2 Å². The number of para-hydroxylation sites is 2. The van der Waals surface area contributed by atoms with E-state index in [-0.39, 0.29) is 12.4 Å². The van der Waals surface area contributed by atoms with Crippen LogP contribution in [0.4, 0.5) is 0 Å². The summed E-state index contributed by atoms with van der Waals surface area (Å²) in [7, 11) is 1.70. The summed E-state index contributed by atoms with van der Waals surface area (Å²) < 4.78 is 11.4. The van der Waals surface area contributed by atoms with E-state index in [1.165, 1.54) is 5.56 Å². The highest BCUT2D eigenvalue weighted by molar-refractivity contribution is 5.85. The van der Waals surface area contributed by atoms with Crippen molar-refractivity contribution >= 4 is 12.4 Å². The van der Waals surface area contributed by atoms with Gasteiger partial charge >= 0.3 is 0 Å². The van der Waals surface area contributed by atoms with Crippen LogP contribution in [0.5, 0.6) is 11.5 Å². The normalized spacial score (nSPS) is 10.0. The lowest BCUT2D eigenvalue weighted by atomic mass is 10.1. The minimum Gasteiger partial charge on any atom is -0.496 e. The number of hydrogen-bond donors (Lipinski definition) is 1. The zero-order chi connectivity index (χ0) is 17.3. The molecule has 0 saturated carbocycles. The predicted octanol–water partition coefficient (Wildman–Crippen LogP) is 4.99. The third-order valence-electron chi connectivity index (χ3n) is 4.03. The van der Waals surface area contributed by atoms with Crippen molar-refractivity contribution in [2.75, 3.05) is 7.11 Å². The molecular formula is C22H24ClNO2. The van der Waals surface area contributed by atoms with Gasteiger partial charge in [0.1, 0.15) is 18.1 Å². The fourth-order valence-electron chi connectivity index (χ4n) is 2.71. The molecule has 3 aromatic carbocycles. The molecule has 4 heteroatoms. The highest BCUT2D eigenvalue weighted by Gasteiger charge is 2.05. The van der Waals surface area contributed by atoms with Crippen LogP contribution >= 0.6 is 12.4 Å². The molecule has 0 bridgehead atoms. The Morgan fingerprint density at radius 3 is 1.88 bits per heavy atom. The van der Waals surface area contributed by atoms with Crippen LogP contribution in [0, 0.1) is 0 Å². The topological polar surface area (TPSA) is 30.5 Å². The SMILES string of the molecule is COc1ccccc1CNCc1ccccc1OCc1ccccc1.Cl. The van der Waals surface area contributed by atoms with E-state index in [1.807, 2.05) is 54.6 Å². The molecule has 0 aliphatic heterocycles. The van der Waals surface area contributed by atoms with E-state index in [4.69, 9.17) is 9.47 Å². The first kappa shape index (κ1) is 19.8. The first-order chi connectivity index (χ1) is 12.4. The van der Waals surface area contributed by atoms with Gasteiger partial charge in [-0.05, 0) is 17.7 Å². The van der Waals surface area contributed by atoms with E-state index in [1.54, 1.807) is 7.11 Å². The van der Waals surface area contributed by atoms with Crippen molar-refractivity contribution < 1.29 is 9.47 Å². The van der Waals surface area contributed by atoms with Crippen molar-refractivity contribution in [3.63, 3.8) is 0 Å². The van der Waals surface area contributed by atoms with Crippen molar-refractivity contribution in [2.24, 2.45) is 0 Å². The molecular weight excluding hydrogens is 346 g/mol. The molecule has 0 radical (unpaired) electrons. The molecule has 136 valence electrons. The van der Waals surface area contributed by atoms with E-state index in [0.29, 0.717) is 6.61 Å². The van der Waals surface area contributed by atoms with Crippen LogP contribution in [0.3, 0.4) is 0 Å². The van der Waals surface area contributed by atoms with Crippen LogP contribution in [0.25, 0.3) is 0 Å². The van der Waals surface area contributed by atoms with E-state index in [9.17, 15) is 0 Å². The summed E-state index contributed by atoms with van der Waals surface area (Å²) in [5.74, 6) is 1.82. The molecule has 0 spiro atoms. The summed E-state index contributed by atoms with van der Waals surface area (Å²) in [5.41, 5.74) is 3.46. The number of hydrogen-bond acceptors (Lipinski definition) is 3. The van der Waals surface area contributed by atoms with Gasteiger partial charge in [0.25, 0.3) is 0 Å². The predicted molar refractivity (Wildman–Crippen MR) is 108 cm³/mol. The summed E-state index contributed by atoms with van der Waals surface area (Å²) in [6.45, 7) is 2.06. The summed E-state index contributed by atoms with van der Waals surface area (Å²) in [4.78, 5) is 0. The van der Waals surface area contributed by atoms with Gasteiger partial charge in [0.05, 0.1) is 7.11 Å². The van der Waals surface area contributed by atoms with Crippen LogP contribution < -0.4 is 14.8 Å². The fraction of sp³-hybridized carbons (Fsp3) is 0.182. The second-order valence-corrected chi connectivity index (χ2v) is 5.80. The molecule has 0 unspecified atom stereocenters. The Morgan fingerprint density at radius 1 is 0.692 bits per heavy atom. The Balaban J connectivity index is 0.00000243. The third kappa shape index (κ3) is 5.51. The van der Waals surface area contributed by atoms with Crippen molar-refractivity contribution in [3.8, 4) is 11.5 Å². The first-order valence-electron chi connectivity index (χ1n) is 8.44. The number of ether oxygens (including phenoxy) is 2. The first-order valence-corrected chi connectivity index (χ1v) is 8.44. The van der Waals surface area contributed by atoms with Crippen LogP contribution in [-0.2, 0) is 19.7 Å². The summed E-state index contributed by atoms with van der Waals surface area (Å²) in [5, 5.41) is 3.47.